The predicted octanol–water partition coefficient (Wildman–Crippen LogP) is 4.04. The number of aromatic nitrogens is 3. The topological polar surface area (TPSA) is 106 Å². The Bertz CT molecular complexity index is 1510. The van der Waals surface area contributed by atoms with E-state index in [1.165, 1.54) is 0 Å². The Balaban J connectivity index is 1.52. The van der Waals surface area contributed by atoms with E-state index in [0.29, 0.717) is 46.1 Å². The molecule has 1 saturated carbocycles. The molecule has 0 saturated heterocycles. The van der Waals surface area contributed by atoms with Crippen LogP contribution in [0.2, 0.25) is 0 Å². The fraction of sp³-hybridized carbons (Fsp3) is 0.333. The Labute approximate surface area is 201 Å². The smallest absolute Gasteiger partial charge is 0.258 e. The Kier molecular flexibility index (Phi) is 5.35. The van der Waals surface area contributed by atoms with Crippen LogP contribution in [0.1, 0.15) is 24.7 Å². The fourth-order valence-electron chi connectivity index (χ4n) is 4.23. The number of anilines is 2. The van der Waals surface area contributed by atoms with Gasteiger partial charge in [0.25, 0.3) is 5.92 Å². The molecule has 182 valence electrons. The Morgan fingerprint density at radius 2 is 1.97 bits per heavy atom. The number of nitrogens with zero attached hydrogens (tertiary/aromatic N) is 4. The lowest BCUT2D eigenvalue weighted by Crippen LogP contribution is -2.12. The van der Waals surface area contributed by atoms with Crippen LogP contribution in [-0.4, -0.2) is 46.9 Å². The summed E-state index contributed by atoms with van der Waals surface area (Å²) in [5, 5.41) is 7.48. The first-order valence-corrected chi connectivity index (χ1v) is 12.9. The third-order valence-electron chi connectivity index (χ3n) is 6.07. The van der Waals surface area contributed by atoms with Gasteiger partial charge in [0.2, 0.25) is 0 Å². The maximum absolute atomic E-state index is 13.4. The lowest BCUT2D eigenvalue weighted by Gasteiger charge is -2.15. The number of ketones is 1. The molecule has 0 bridgehead atoms. The molecule has 1 fully saturated rings. The average Bonchev–Trinajstić information content (AvgIpc) is 3.06. The van der Waals surface area contributed by atoms with Gasteiger partial charge in [-0.1, -0.05) is 6.07 Å². The van der Waals surface area contributed by atoms with Crippen molar-refractivity contribution in [3.05, 3.63) is 47.9 Å². The third kappa shape index (κ3) is 4.60. The minimum Gasteiger partial charge on any atom is -0.353 e. The van der Waals surface area contributed by atoms with Crippen molar-refractivity contribution < 1.29 is 22.0 Å². The summed E-state index contributed by atoms with van der Waals surface area (Å²) in [4.78, 5) is 21.4. The van der Waals surface area contributed by atoms with Crippen LogP contribution in [0.4, 0.5) is 25.8 Å². The first-order chi connectivity index (χ1) is 16.4. The second-order valence-electron chi connectivity index (χ2n) is 9.12. The first-order valence-electron chi connectivity index (χ1n) is 11.0. The SMILES string of the molecule is CC1=Nc2c(Nc3ccc(-c4ccn(C)n4)cc3S(C)(=O)=O)cc(CC(=O)[C@H]3CC3(F)F)nc2C1. The number of alkyl halides is 2. The maximum Gasteiger partial charge on any atom is 0.258 e. The fourth-order valence-corrected chi connectivity index (χ4v) is 5.09. The lowest BCUT2D eigenvalue weighted by atomic mass is 10.1. The summed E-state index contributed by atoms with van der Waals surface area (Å²) in [6, 6.07) is 8.32. The van der Waals surface area contributed by atoms with E-state index in [0.717, 1.165) is 12.0 Å². The Morgan fingerprint density at radius 3 is 2.60 bits per heavy atom. The van der Waals surface area contributed by atoms with Gasteiger partial charge in [-0.05, 0) is 31.2 Å². The highest BCUT2D eigenvalue weighted by Crippen LogP contribution is 2.49. The van der Waals surface area contributed by atoms with Gasteiger partial charge in [-0.3, -0.25) is 19.5 Å². The number of hydrogen-bond donors (Lipinski definition) is 1. The van der Waals surface area contributed by atoms with E-state index < -0.39 is 33.9 Å². The zero-order valence-electron chi connectivity index (χ0n) is 19.3. The predicted molar refractivity (Wildman–Crippen MR) is 128 cm³/mol. The molecule has 1 aromatic carbocycles. The van der Waals surface area contributed by atoms with Gasteiger partial charge in [-0.2, -0.15) is 5.10 Å². The molecular formula is C24H23F2N5O3S. The number of fused-ring (bicyclic) bond motifs is 1. The van der Waals surface area contributed by atoms with Gasteiger partial charge in [-0.15, -0.1) is 0 Å². The highest BCUT2D eigenvalue weighted by atomic mass is 32.2. The quantitative estimate of drug-likeness (QED) is 0.526. The van der Waals surface area contributed by atoms with Crippen LogP contribution >= 0.6 is 0 Å². The van der Waals surface area contributed by atoms with Gasteiger partial charge in [0, 0.05) is 50.0 Å². The summed E-state index contributed by atoms with van der Waals surface area (Å²) in [6.07, 6.45) is 2.70. The number of sulfone groups is 1. The number of aryl methyl sites for hydroxylation is 1. The lowest BCUT2D eigenvalue weighted by molar-refractivity contribution is -0.121. The molecule has 0 amide bonds. The van der Waals surface area contributed by atoms with Gasteiger partial charge in [0.05, 0.1) is 39.3 Å². The highest BCUT2D eigenvalue weighted by molar-refractivity contribution is 7.90. The molecule has 0 spiro atoms. The van der Waals surface area contributed by atoms with E-state index in [9.17, 15) is 22.0 Å². The standard InChI is InChI=1S/C24H23F2N5O3S/c1-13-8-19-23(27-13)20(10-15(28-19)11-21(32)16-12-24(16,25)26)29-18-5-4-14(9-22(18)35(3,33)34)17-6-7-31(2)30-17/h4-7,9-10,16H,8,11-12H2,1-3H3,(H,28,29)/t16-/m1/s1. The van der Waals surface area contributed by atoms with Crippen molar-refractivity contribution in [1.29, 1.82) is 0 Å². The summed E-state index contributed by atoms with van der Waals surface area (Å²) in [5.74, 6) is -4.75. The minimum atomic E-state index is -3.63. The number of carbonyl (C=O) groups excluding carboxylic acids is 1. The molecule has 5 rings (SSSR count). The molecule has 0 radical (unpaired) electrons. The second kappa shape index (κ2) is 8.04. The van der Waals surface area contributed by atoms with Gasteiger partial charge in [0.15, 0.2) is 9.84 Å². The molecule has 2 aliphatic rings. The van der Waals surface area contributed by atoms with Crippen LogP contribution in [0.5, 0.6) is 0 Å². The summed E-state index contributed by atoms with van der Waals surface area (Å²) in [7, 11) is -1.86. The molecule has 3 aromatic rings. The average molecular weight is 500 g/mol. The van der Waals surface area contributed by atoms with E-state index in [2.05, 4.69) is 20.4 Å². The molecule has 2 aromatic heterocycles. The molecule has 1 atom stereocenters. The molecule has 0 unspecified atom stereocenters. The maximum atomic E-state index is 13.4. The van der Waals surface area contributed by atoms with Gasteiger partial charge in [0.1, 0.15) is 11.5 Å². The first kappa shape index (κ1) is 23.3. The zero-order chi connectivity index (χ0) is 25.1. The number of benzene rings is 1. The van der Waals surface area contributed by atoms with Crippen molar-refractivity contribution in [1.82, 2.24) is 14.8 Å². The van der Waals surface area contributed by atoms with Crippen molar-refractivity contribution in [3.63, 3.8) is 0 Å². The van der Waals surface area contributed by atoms with E-state index in [1.54, 1.807) is 48.3 Å². The Morgan fingerprint density at radius 1 is 1.23 bits per heavy atom. The number of rotatable bonds is 7. The molecule has 8 nitrogen and oxygen atoms in total. The van der Waals surface area contributed by atoms with Crippen molar-refractivity contribution in [2.75, 3.05) is 11.6 Å². The zero-order valence-corrected chi connectivity index (χ0v) is 20.2. The van der Waals surface area contributed by atoms with Crippen molar-refractivity contribution in [2.24, 2.45) is 18.0 Å². The number of Topliss-reactive ketones (excluding diaryl/α,β-unsaturated/α-hetero) is 1. The minimum absolute atomic E-state index is 0.0696. The number of aliphatic imine (C=N–C) groups is 1. The number of halogens is 2. The highest BCUT2D eigenvalue weighted by Gasteiger charge is 2.60. The van der Waals surface area contributed by atoms with Gasteiger partial charge < -0.3 is 5.32 Å². The van der Waals surface area contributed by atoms with Crippen LogP contribution in [0.3, 0.4) is 0 Å². The summed E-state index contributed by atoms with van der Waals surface area (Å²) in [5.41, 5.74) is 4.37. The van der Waals surface area contributed by atoms with Crippen molar-refractivity contribution in [2.45, 2.75) is 37.0 Å². The molecule has 11 heteroatoms. The third-order valence-corrected chi connectivity index (χ3v) is 7.21. The molecule has 35 heavy (non-hydrogen) atoms. The van der Waals surface area contributed by atoms with Crippen LogP contribution in [0.25, 0.3) is 11.3 Å². The monoisotopic (exact) mass is 499 g/mol. The normalized spacial score (nSPS) is 18.2. The largest absolute Gasteiger partial charge is 0.353 e. The molecule has 1 aliphatic carbocycles. The van der Waals surface area contributed by atoms with Crippen molar-refractivity contribution >= 4 is 38.4 Å². The van der Waals surface area contributed by atoms with E-state index in [4.69, 9.17) is 0 Å². The van der Waals surface area contributed by atoms with Gasteiger partial charge in [-0.25, -0.2) is 17.2 Å². The number of hydrogen-bond acceptors (Lipinski definition) is 7. The van der Waals surface area contributed by atoms with E-state index in [1.807, 2.05) is 6.92 Å². The van der Waals surface area contributed by atoms with Crippen LogP contribution in [0.15, 0.2) is 46.4 Å². The molecular weight excluding hydrogens is 476 g/mol. The van der Waals surface area contributed by atoms with E-state index >= 15 is 0 Å². The molecule has 3 heterocycles. The number of pyridine rings is 1. The summed E-state index contributed by atoms with van der Waals surface area (Å²) >= 11 is 0. The second-order valence-corrected chi connectivity index (χ2v) is 11.1. The van der Waals surface area contributed by atoms with Crippen LogP contribution in [-0.2, 0) is 34.5 Å². The van der Waals surface area contributed by atoms with E-state index in [-0.39, 0.29) is 11.3 Å². The number of carbonyl (C=O) groups is 1. The van der Waals surface area contributed by atoms with Crippen molar-refractivity contribution in [3.8, 4) is 11.3 Å². The van der Waals surface area contributed by atoms with Gasteiger partial charge >= 0.3 is 0 Å². The summed E-state index contributed by atoms with van der Waals surface area (Å²) in [6.45, 7) is 1.84. The molecule has 1 N–H and O–H groups in total. The van der Waals surface area contributed by atoms with Crippen LogP contribution < -0.4 is 5.32 Å². The number of nitrogens with one attached hydrogen (secondary N) is 1. The Hall–Kier alpha value is -3.47. The molecule has 1 aliphatic heterocycles. The van der Waals surface area contributed by atoms with Crippen LogP contribution in [0, 0.1) is 5.92 Å². The summed E-state index contributed by atoms with van der Waals surface area (Å²) < 4.78 is 53.7.